The molecule has 1 saturated heterocycles. The molecule has 2 fully saturated rings. The number of aromatic nitrogens is 1. The van der Waals surface area contributed by atoms with Crippen LogP contribution in [0, 0.1) is 11.7 Å². The molecule has 7 nitrogen and oxygen atoms in total. The summed E-state index contributed by atoms with van der Waals surface area (Å²) in [6.45, 7) is 4.67. The summed E-state index contributed by atoms with van der Waals surface area (Å²) in [7, 11) is -3.11. The molecule has 1 saturated carbocycles. The van der Waals surface area contributed by atoms with Gasteiger partial charge in [-0.1, -0.05) is 5.16 Å². The topological polar surface area (TPSA) is 78.7 Å². The zero-order valence-corrected chi connectivity index (χ0v) is 17.6. The van der Waals surface area contributed by atoms with Crippen LogP contribution in [0.2, 0.25) is 0 Å². The van der Waals surface area contributed by atoms with Gasteiger partial charge in [0.2, 0.25) is 10.0 Å². The van der Waals surface area contributed by atoms with Crippen molar-refractivity contribution < 1.29 is 17.3 Å². The molecular weight excluding hydrogens is 395 g/mol. The largest absolute Gasteiger partial charge is 0.354 e. The number of anilines is 1. The van der Waals surface area contributed by atoms with Gasteiger partial charge in [-0.25, -0.2) is 17.5 Å². The fourth-order valence-corrected chi connectivity index (χ4v) is 5.39. The smallest absolute Gasteiger partial charge is 0.208 e. The second kappa shape index (κ2) is 8.57. The summed E-state index contributed by atoms with van der Waals surface area (Å²) >= 11 is 0. The van der Waals surface area contributed by atoms with E-state index >= 15 is 0 Å². The lowest BCUT2D eigenvalue weighted by atomic mass is 9.84. The van der Waals surface area contributed by atoms with E-state index in [1.165, 1.54) is 18.4 Å². The van der Waals surface area contributed by atoms with Crippen LogP contribution in [0.3, 0.4) is 0 Å². The van der Waals surface area contributed by atoms with Crippen LogP contribution in [0.4, 0.5) is 10.2 Å². The molecule has 4 rings (SSSR count). The summed E-state index contributed by atoms with van der Waals surface area (Å²) in [4.78, 5) is 4.64. The first-order chi connectivity index (χ1) is 13.9. The van der Waals surface area contributed by atoms with Gasteiger partial charge in [0.15, 0.2) is 11.4 Å². The second-order valence-corrected chi connectivity index (χ2v) is 10.2. The third kappa shape index (κ3) is 5.26. The van der Waals surface area contributed by atoms with Crippen molar-refractivity contribution in [2.24, 2.45) is 5.92 Å². The lowest BCUT2D eigenvalue weighted by molar-refractivity contribution is 0.214. The van der Waals surface area contributed by atoms with Gasteiger partial charge in [0.25, 0.3) is 0 Å². The Kier molecular flexibility index (Phi) is 6.08. The van der Waals surface area contributed by atoms with E-state index in [1.807, 2.05) is 0 Å². The van der Waals surface area contributed by atoms with Gasteiger partial charge in [-0.2, -0.15) is 0 Å². The number of piperazine rings is 1. The molecule has 2 aliphatic rings. The Morgan fingerprint density at radius 3 is 2.59 bits per heavy atom. The van der Waals surface area contributed by atoms with E-state index in [0.717, 1.165) is 76.0 Å². The minimum absolute atomic E-state index is 0.104. The van der Waals surface area contributed by atoms with Crippen molar-refractivity contribution in [3.05, 3.63) is 24.0 Å². The molecule has 0 bridgehead atoms. The van der Waals surface area contributed by atoms with Crippen LogP contribution >= 0.6 is 0 Å². The van der Waals surface area contributed by atoms with E-state index in [4.69, 9.17) is 4.52 Å². The van der Waals surface area contributed by atoms with Gasteiger partial charge >= 0.3 is 0 Å². The molecular formula is C20H29FN4O3S. The van der Waals surface area contributed by atoms with E-state index in [9.17, 15) is 12.8 Å². The highest BCUT2D eigenvalue weighted by molar-refractivity contribution is 7.88. The summed E-state index contributed by atoms with van der Waals surface area (Å²) in [6, 6.07) is 4.60. The number of nitrogens with one attached hydrogen (secondary N) is 1. The Labute approximate surface area is 171 Å². The van der Waals surface area contributed by atoms with Crippen molar-refractivity contribution in [1.82, 2.24) is 14.8 Å². The Bertz CT molecular complexity index is 932. The summed E-state index contributed by atoms with van der Waals surface area (Å²) in [5.74, 6) is 1.13. The minimum atomic E-state index is -3.11. The summed E-state index contributed by atoms with van der Waals surface area (Å²) in [5.41, 5.74) is 0.616. The van der Waals surface area contributed by atoms with E-state index in [1.54, 1.807) is 6.07 Å². The Hall–Kier alpha value is -1.71. The maximum Gasteiger partial charge on any atom is 0.208 e. The van der Waals surface area contributed by atoms with E-state index in [0.29, 0.717) is 11.5 Å². The zero-order valence-electron chi connectivity index (χ0n) is 16.8. The molecule has 9 heteroatoms. The molecule has 29 heavy (non-hydrogen) atoms. The summed E-state index contributed by atoms with van der Waals surface area (Å²) < 4.78 is 44.4. The lowest BCUT2D eigenvalue weighted by Gasteiger charge is -2.36. The molecule has 1 N–H and O–H groups in total. The Balaban J connectivity index is 1.22. The van der Waals surface area contributed by atoms with Crippen molar-refractivity contribution in [2.45, 2.75) is 38.1 Å². The molecule has 1 aliphatic carbocycles. The van der Waals surface area contributed by atoms with Gasteiger partial charge in [0, 0.05) is 32.2 Å². The van der Waals surface area contributed by atoms with E-state index in [-0.39, 0.29) is 11.9 Å². The summed E-state index contributed by atoms with van der Waals surface area (Å²) in [6.07, 6.45) is 6.43. The molecule has 2 heterocycles. The molecule has 0 spiro atoms. The van der Waals surface area contributed by atoms with Crippen LogP contribution in [0.25, 0.3) is 11.0 Å². The van der Waals surface area contributed by atoms with Crippen molar-refractivity contribution in [3.63, 3.8) is 0 Å². The van der Waals surface area contributed by atoms with Crippen LogP contribution in [0.1, 0.15) is 32.1 Å². The number of fused-ring (bicyclic) bond motifs is 1. The SMILES string of the molecule is CS(=O)(=O)N[C@H]1CC[C@H](CCN2CCN(c3noc4ccc(F)cc34)CC2)CC1. The first kappa shape index (κ1) is 20.6. The molecule has 0 radical (unpaired) electrons. The third-order valence-corrected chi connectivity index (χ3v) is 6.93. The van der Waals surface area contributed by atoms with E-state index in [2.05, 4.69) is 19.7 Å². The summed E-state index contributed by atoms with van der Waals surface area (Å²) in [5, 5.41) is 4.89. The van der Waals surface area contributed by atoms with Gasteiger partial charge in [0.1, 0.15) is 5.82 Å². The standard InChI is InChI=1S/C20H29FN4O3S/c1-29(26,27)23-17-5-2-15(3-6-17)8-9-24-10-12-25(13-11-24)20-18-14-16(21)4-7-19(18)28-22-20/h4,7,14-15,17,23H,2-3,5-6,8-13H2,1H3/t15-,17-. The van der Waals surface area contributed by atoms with Crippen molar-refractivity contribution in [2.75, 3.05) is 43.9 Å². The molecule has 160 valence electrons. The number of sulfonamides is 1. The number of benzene rings is 1. The predicted octanol–water partition coefficient (Wildman–Crippen LogP) is 2.59. The van der Waals surface area contributed by atoms with Crippen molar-refractivity contribution in [3.8, 4) is 0 Å². The quantitative estimate of drug-likeness (QED) is 0.768. The maximum atomic E-state index is 13.6. The van der Waals surface area contributed by atoms with Crippen molar-refractivity contribution in [1.29, 1.82) is 0 Å². The fourth-order valence-electron chi connectivity index (χ4n) is 4.55. The third-order valence-electron chi connectivity index (χ3n) is 6.17. The number of rotatable bonds is 6. The second-order valence-electron chi connectivity index (χ2n) is 8.37. The fraction of sp³-hybridized carbons (Fsp3) is 0.650. The van der Waals surface area contributed by atoms with Crippen LogP contribution < -0.4 is 9.62 Å². The normalized spacial score (nSPS) is 24.3. The number of nitrogens with zero attached hydrogens (tertiary/aromatic N) is 3. The van der Waals surface area contributed by atoms with Gasteiger partial charge < -0.3 is 9.42 Å². The first-order valence-electron chi connectivity index (χ1n) is 10.4. The average Bonchev–Trinajstić information content (AvgIpc) is 3.10. The molecule has 0 unspecified atom stereocenters. The predicted molar refractivity (Wildman–Crippen MR) is 111 cm³/mol. The molecule has 0 atom stereocenters. The van der Waals surface area contributed by atoms with E-state index < -0.39 is 10.0 Å². The van der Waals surface area contributed by atoms with Crippen LogP contribution in [0.5, 0.6) is 0 Å². The first-order valence-corrected chi connectivity index (χ1v) is 12.3. The number of hydrogen-bond acceptors (Lipinski definition) is 6. The highest BCUT2D eigenvalue weighted by atomic mass is 32.2. The molecule has 1 aliphatic heterocycles. The Morgan fingerprint density at radius 1 is 1.17 bits per heavy atom. The number of halogens is 1. The van der Waals surface area contributed by atoms with Crippen LogP contribution in [0.15, 0.2) is 22.7 Å². The average molecular weight is 425 g/mol. The van der Waals surface area contributed by atoms with Crippen molar-refractivity contribution >= 4 is 26.8 Å². The highest BCUT2D eigenvalue weighted by Gasteiger charge is 2.25. The van der Waals surface area contributed by atoms with Crippen LogP contribution in [-0.2, 0) is 10.0 Å². The lowest BCUT2D eigenvalue weighted by Crippen LogP contribution is -2.47. The minimum Gasteiger partial charge on any atom is -0.354 e. The Morgan fingerprint density at radius 2 is 1.90 bits per heavy atom. The zero-order chi connectivity index (χ0) is 20.4. The molecule has 2 aromatic rings. The van der Waals surface area contributed by atoms with Gasteiger partial charge in [0.05, 0.1) is 11.6 Å². The van der Waals surface area contributed by atoms with Gasteiger partial charge in [-0.05, 0) is 62.8 Å². The molecule has 0 amide bonds. The molecule has 1 aromatic carbocycles. The highest BCUT2D eigenvalue weighted by Crippen LogP contribution is 2.29. The number of hydrogen-bond donors (Lipinski definition) is 1. The van der Waals surface area contributed by atoms with Crippen LogP contribution in [-0.4, -0.2) is 63.5 Å². The van der Waals surface area contributed by atoms with Gasteiger partial charge in [-0.3, -0.25) is 4.90 Å². The van der Waals surface area contributed by atoms with Gasteiger partial charge in [-0.15, -0.1) is 0 Å². The maximum absolute atomic E-state index is 13.6. The molecule has 1 aromatic heterocycles. The monoisotopic (exact) mass is 424 g/mol.